The average molecular weight is 476 g/mol. The molecule has 0 atom stereocenters. The van der Waals surface area contributed by atoms with Gasteiger partial charge in [0.25, 0.3) is 5.91 Å². The van der Waals surface area contributed by atoms with Crippen molar-refractivity contribution >= 4 is 27.3 Å². The van der Waals surface area contributed by atoms with E-state index in [9.17, 15) is 17.6 Å². The molecular weight excluding hydrogens is 445 g/mol. The smallest absolute Gasteiger partial charge is 0.255 e. The third kappa shape index (κ3) is 5.47. The molecule has 1 heterocycles. The van der Waals surface area contributed by atoms with Crippen LogP contribution in [0, 0.1) is 5.82 Å². The molecule has 9 heteroatoms. The zero-order valence-electron chi connectivity index (χ0n) is 18.8. The number of rotatable bonds is 7. The summed E-state index contributed by atoms with van der Waals surface area (Å²) in [6.07, 6.45) is 6.79. The summed E-state index contributed by atoms with van der Waals surface area (Å²) < 4.78 is 48.0. The molecule has 1 amide bonds. The second-order valence-corrected chi connectivity index (χ2v) is 10.3. The molecule has 1 aliphatic heterocycles. The van der Waals surface area contributed by atoms with Crippen molar-refractivity contribution < 1.29 is 22.3 Å². The number of carbonyl (C=O) groups is 1. The second-order valence-electron chi connectivity index (χ2n) is 8.63. The molecule has 7 nitrogen and oxygen atoms in total. The first kappa shape index (κ1) is 23.5. The highest BCUT2D eigenvalue weighted by molar-refractivity contribution is 7.89. The molecule has 178 valence electrons. The zero-order chi connectivity index (χ0) is 23.4. The summed E-state index contributed by atoms with van der Waals surface area (Å²) in [7, 11) is -2.48. The van der Waals surface area contributed by atoms with E-state index in [4.69, 9.17) is 4.74 Å². The monoisotopic (exact) mass is 475 g/mol. The summed E-state index contributed by atoms with van der Waals surface area (Å²) in [5, 5.41) is 2.78. The van der Waals surface area contributed by atoms with Gasteiger partial charge < -0.3 is 15.0 Å². The maximum atomic E-state index is 14.0. The van der Waals surface area contributed by atoms with Crippen LogP contribution in [0.1, 0.15) is 55.3 Å². The van der Waals surface area contributed by atoms with Crippen LogP contribution in [0.4, 0.5) is 15.8 Å². The number of carbonyl (C=O) groups excluding carboxylic acids is 1. The quantitative estimate of drug-likeness (QED) is 0.624. The Bertz CT molecular complexity index is 1110. The Morgan fingerprint density at radius 2 is 1.76 bits per heavy atom. The van der Waals surface area contributed by atoms with E-state index in [0.29, 0.717) is 5.69 Å². The molecule has 2 aromatic rings. The number of sulfonamides is 1. The molecule has 0 aromatic heterocycles. The Kier molecular flexibility index (Phi) is 7.19. The minimum Gasteiger partial charge on any atom is -0.495 e. The van der Waals surface area contributed by atoms with Crippen molar-refractivity contribution in [2.75, 3.05) is 30.4 Å². The van der Waals surface area contributed by atoms with E-state index in [1.165, 1.54) is 37.4 Å². The van der Waals surface area contributed by atoms with Gasteiger partial charge in [0.2, 0.25) is 10.0 Å². The first-order valence-corrected chi connectivity index (χ1v) is 12.9. The number of hydrogen-bond acceptors (Lipinski definition) is 5. The van der Waals surface area contributed by atoms with Gasteiger partial charge >= 0.3 is 0 Å². The van der Waals surface area contributed by atoms with E-state index < -0.39 is 21.7 Å². The number of benzene rings is 2. The van der Waals surface area contributed by atoms with Crippen LogP contribution in [0.5, 0.6) is 5.75 Å². The molecule has 0 radical (unpaired) electrons. The fourth-order valence-electron chi connectivity index (χ4n) is 4.57. The molecule has 1 saturated heterocycles. The lowest BCUT2D eigenvalue weighted by atomic mass is 10.1. The largest absolute Gasteiger partial charge is 0.495 e. The van der Waals surface area contributed by atoms with Crippen LogP contribution in [0.15, 0.2) is 41.3 Å². The number of ether oxygens (including phenoxy) is 1. The second kappa shape index (κ2) is 10.1. The molecule has 1 saturated carbocycles. The third-order valence-corrected chi connectivity index (χ3v) is 7.84. The van der Waals surface area contributed by atoms with Crippen LogP contribution in [-0.4, -0.2) is 40.6 Å². The van der Waals surface area contributed by atoms with Gasteiger partial charge in [-0.05, 0) is 68.5 Å². The Balaban J connectivity index is 1.60. The summed E-state index contributed by atoms with van der Waals surface area (Å²) in [5.41, 5.74) is 1.27. The van der Waals surface area contributed by atoms with Crippen LogP contribution < -0.4 is 19.7 Å². The zero-order valence-corrected chi connectivity index (χ0v) is 19.6. The van der Waals surface area contributed by atoms with Crippen molar-refractivity contribution in [2.24, 2.45) is 0 Å². The highest BCUT2D eigenvalue weighted by Gasteiger charge is 2.27. The highest BCUT2D eigenvalue weighted by Crippen LogP contribution is 2.31. The van der Waals surface area contributed by atoms with Gasteiger partial charge in [-0.3, -0.25) is 4.79 Å². The summed E-state index contributed by atoms with van der Waals surface area (Å²) >= 11 is 0. The molecule has 1 aliphatic carbocycles. The maximum Gasteiger partial charge on any atom is 0.255 e. The molecule has 0 spiro atoms. The normalized spacial score (nSPS) is 17.2. The number of anilines is 2. The molecule has 2 N–H and O–H groups in total. The van der Waals surface area contributed by atoms with E-state index in [2.05, 4.69) is 14.9 Å². The summed E-state index contributed by atoms with van der Waals surface area (Å²) in [4.78, 5) is 15.1. The summed E-state index contributed by atoms with van der Waals surface area (Å²) in [6.45, 7) is 1.68. The van der Waals surface area contributed by atoms with Gasteiger partial charge in [0.1, 0.15) is 16.5 Å². The number of methoxy groups -OCH3 is 1. The van der Waals surface area contributed by atoms with E-state index >= 15 is 0 Å². The number of halogens is 1. The molecule has 2 fully saturated rings. The summed E-state index contributed by atoms with van der Waals surface area (Å²) in [6, 6.07) is 8.52. The first-order valence-electron chi connectivity index (χ1n) is 11.4. The predicted molar refractivity (Wildman–Crippen MR) is 126 cm³/mol. The average Bonchev–Trinajstić information content (AvgIpc) is 3.31. The molecule has 2 aromatic carbocycles. The molecule has 2 aliphatic rings. The molecule has 33 heavy (non-hydrogen) atoms. The van der Waals surface area contributed by atoms with Crippen molar-refractivity contribution in [1.82, 2.24) is 4.72 Å². The van der Waals surface area contributed by atoms with Crippen molar-refractivity contribution in [2.45, 2.75) is 55.9 Å². The first-order chi connectivity index (χ1) is 15.9. The van der Waals surface area contributed by atoms with E-state index in [-0.39, 0.29) is 22.3 Å². The van der Waals surface area contributed by atoms with Gasteiger partial charge in [0, 0.05) is 24.7 Å². The van der Waals surface area contributed by atoms with Crippen LogP contribution >= 0.6 is 0 Å². The molecule has 0 bridgehead atoms. The number of piperidine rings is 1. The van der Waals surface area contributed by atoms with Gasteiger partial charge in [-0.2, -0.15) is 0 Å². The van der Waals surface area contributed by atoms with Crippen LogP contribution in [0.3, 0.4) is 0 Å². The number of nitrogens with zero attached hydrogens (tertiary/aromatic N) is 1. The lowest BCUT2D eigenvalue weighted by Crippen LogP contribution is -2.33. The van der Waals surface area contributed by atoms with E-state index in [1.807, 2.05) is 0 Å². The number of amides is 1. The highest BCUT2D eigenvalue weighted by atomic mass is 32.2. The van der Waals surface area contributed by atoms with Gasteiger partial charge in [-0.15, -0.1) is 0 Å². The SMILES string of the molecule is COc1ccc(C(=O)Nc2cc(F)ccc2N2CCCCC2)cc1S(=O)(=O)NC1CCCC1. The fourth-order valence-corrected chi connectivity index (χ4v) is 6.07. The lowest BCUT2D eigenvalue weighted by molar-refractivity contribution is 0.102. The molecule has 0 unspecified atom stereocenters. The maximum absolute atomic E-state index is 14.0. The Hall–Kier alpha value is -2.65. The van der Waals surface area contributed by atoms with Crippen molar-refractivity contribution in [3.8, 4) is 5.75 Å². The van der Waals surface area contributed by atoms with Crippen molar-refractivity contribution in [3.63, 3.8) is 0 Å². The van der Waals surface area contributed by atoms with Gasteiger partial charge in [-0.1, -0.05) is 12.8 Å². The number of nitrogens with one attached hydrogen (secondary N) is 2. The van der Waals surface area contributed by atoms with Crippen molar-refractivity contribution in [3.05, 3.63) is 47.8 Å². The molecular formula is C24H30FN3O4S. The van der Waals surface area contributed by atoms with E-state index in [1.54, 1.807) is 6.07 Å². The Labute approximate surface area is 194 Å². The van der Waals surface area contributed by atoms with Gasteiger partial charge in [0.05, 0.1) is 18.5 Å². The Morgan fingerprint density at radius 1 is 1.03 bits per heavy atom. The van der Waals surface area contributed by atoms with Crippen LogP contribution in [-0.2, 0) is 10.0 Å². The minimum atomic E-state index is -3.87. The minimum absolute atomic E-state index is 0.0833. The van der Waals surface area contributed by atoms with Gasteiger partial charge in [-0.25, -0.2) is 17.5 Å². The lowest BCUT2D eigenvalue weighted by Gasteiger charge is -2.30. The molecule has 4 rings (SSSR count). The summed E-state index contributed by atoms with van der Waals surface area (Å²) in [5.74, 6) is -0.805. The predicted octanol–water partition coefficient (Wildman–Crippen LogP) is 4.30. The Morgan fingerprint density at radius 3 is 2.45 bits per heavy atom. The standard InChI is InChI=1S/C24H30FN3O4S/c1-32-22-12-9-17(15-23(22)33(30,31)27-19-7-3-4-8-19)24(29)26-20-16-18(25)10-11-21(20)28-13-5-2-6-14-28/h9-12,15-16,19,27H,2-8,13-14H2,1H3,(H,26,29). The van der Waals surface area contributed by atoms with Crippen LogP contribution in [0.2, 0.25) is 0 Å². The van der Waals surface area contributed by atoms with Crippen molar-refractivity contribution in [1.29, 1.82) is 0 Å². The third-order valence-electron chi connectivity index (χ3n) is 6.30. The van der Waals surface area contributed by atoms with Crippen LogP contribution in [0.25, 0.3) is 0 Å². The van der Waals surface area contributed by atoms with E-state index in [0.717, 1.165) is 63.7 Å². The van der Waals surface area contributed by atoms with Gasteiger partial charge in [0.15, 0.2) is 0 Å². The fraction of sp³-hybridized carbons (Fsp3) is 0.458. The topological polar surface area (TPSA) is 87.7 Å². The number of hydrogen-bond donors (Lipinski definition) is 2.